The second-order valence-corrected chi connectivity index (χ2v) is 16.6. The van der Waals surface area contributed by atoms with E-state index in [2.05, 4.69) is 274 Å². The van der Waals surface area contributed by atoms with E-state index in [1.165, 1.54) is 60.3 Å². The average Bonchev–Trinajstić information content (AvgIpc) is 3.89. The smallest absolute Gasteiger partial charge is 0.0561 e. The van der Waals surface area contributed by atoms with Crippen molar-refractivity contribution in [3.8, 4) is 22.5 Å². The predicted octanol–water partition coefficient (Wildman–Crippen LogP) is 16.4. The van der Waals surface area contributed by atoms with E-state index in [9.17, 15) is 0 Å². The molecule has 0 spiro atoms. The highest BCUT2D eigenvalue weighted by molar-refractivity contribution is 6.11. The van der Waals surface area contributed by atoms with Crippen LogP contribution in [0.2, 0.25) is 0 Å². The molecule has 2 aromatic heterocycles. The lowest BCUT2D eigenvalue weighted by atomic mass is 10.0. The van der Waals surface area contributed by atoms with Gasteiger partial charge in [0.15, 0.2) is 0 Å². The van der Waals surface area contributed by atoms with Crippen LogP contribution in [0.5, 0.6) is 0 Å². The Hall–Kier alpha value is -8.60. The first-order chi connectivity index (χ1) is 32.2. The molecule has 10 aromatic carbocycles. The van der Waals surface area contributed by atoms with Gasteiger partial charge in [-0.25, -0.2) is 0 Å². The maximum Gasteiger partial charge on any atom is 0.0561 e. The van der Waals surface area contributed by atoms with Crippen LogP contribution in [0.1, 0.15) is 5.56 Å². The molecular weight excluding hydrogens is 789 g/mol. The third-order valence-corrected chi connectivity index (χ3v) is 12.7. The largest absolute Gasteiger partial charge is 0.337 e. The Morgan fingerprint density at radius 2 is 0.662 bits per heavy atom. The molecule has 0 aliphatic rings. The molecule has 0 saturated carbocycles. The van der Waals surface area contributed by atoms with Crippen molar-refractivity contribution in [1.82, 2.24) is 9.13 Å². The number of benzene rings is 10. The van der Waals surface area contributed by atoms with Crippen molar-refractivity contribution in [2.24, 2.45) is 0 Å². The van der Waals surface area contributed by atoms with Crippen molar-refractivity contribution in [1.29, 1.82) is 0 Å². The van der Waals surface area contributed by atoms with Gasteiger partial charge in [0.05, 0.1) is 22.1 Å². The van der Waals surface area contributed by atoms with Crippen LogP contribution in [-0.4, -0.2) is 9.13 Å². The molecule has 0 unspecified atom stereocenters. The molecule has 0 amide bonds. The molecule has 0 bridgehead atoms. The molecule has 0 aliphatic heterocycles. The van der Waals surface area contributed by atoms with E-state index in [4.69, 9.17) is 0 Å². The van der Waals surface area contributed by atoms with E-state index in [0.717, 1.165) is 46.4 Å². The molecule has 0 radical (unpaired) electrons. The zero-order chi connectivity index (χ0) is 43.1. The van der Waals surface area contributed by atoms with Crippen molar-refractivity contribution in [3.05, 3.63) is 260 Å². The van der Waals surface area contributed by atoms with Gasteiger partial charge in [-0.05, 0) is 120 Å². The van der Waals surface area contributed by atoms with Gasteiger partial charge in [-0.1, -0.05) is 152 Å². The van der Waals surface area contributed by atoms with E-state index in [-0.39, 0.29) is 0 Å². The summed E-state index contributed by atoms with van der Waals surface area (Å²) in [5.74, 6) is 0. The van der Waals surface area contributed by atoms with E-state index >= 15 is 0 Å². The molecule has 4 heteroatoms. The summed E-state index contributed by atoms with van der Waals surface area (Å²) in [6, 6.07) is 92.0. The van der Waals surface area contributed by atoms with Gasteiger partial charge in [0, 0.05) is 67.9 Å². The number of aromatic nitrogens is 2. The van der Waals surface area contributed by atoms with Crippen LogP contribution < -0.4 is 9.80 Å². The average molecular weight is 833 g/mol. The maximum absolute atomic E-state index is 2.41. The van der Waals surface area contributed by atoms with Crippen molar-refractivity contribution in [2.75, 3.05) is 9.80 Å². The topological polar surface area (TPSA) is 16.3 Å². The van der Waals surface area contributed by atoms with Crippen molar-refractivity contribution in [2.45, 2.75) is 6.54 Å². The van der Waals surface area contributed by atoms with Crippen LogP contribution in [0, 0.1) is 0 Å². The Balaban J connectivity index is 0.880. The Morgan fingerprint density at radius 1 is 0.277 bits per heavy atom. The molecule has 4 nitrogen and oxygen atoms in total. The molecule has 0 aliphatic carbocycles. The first kappa shape index (κ1) is 38.1. The van der Waals surface area contributed by atoms with Gasteiger partial charge >= 0.3 is 0 Å². The Morgan fingerprint density at radius 3 is 1.22 bits per heavy atom. The fraction of sp³-hybridized carbons (Fsp3) is 0.0164. The number of para-hydroxylation sites is 6. The number of hydrogen-bond acceptors (Lipinski definition) is 2. The van der Waals surface area contributed by atoms with Gasteiger partial charge in [0.1, 0.15) is 0 Å². The molecule has 0 N–H and O–H groups in total. The van der Waals surface area contributed by atoms with Gasteiger partial charge in [0.2, 0.25) is 0 Å². The highest BCUT2D eigenvalue weighted by Crippen LogP contribution is 2.41. The highest BCUT2D eigenvalue weighted by atomic mass is 15.1. The standard InChI is InChI=1S/C61H44N4/c1-5-17-47(18-6-1)62(43-44-29-39-56-54-25-13-15-27-58(54)64(60(56)41-44)50-21-9-3-10-22-50)48-34-30-45(31-35-48)46-32-36-52(37-33-46)63(49-19-7-2-8-20-49)53-38-40-57-55-26-14-16-28-59(55)65(61(57)42-53)51-23-11-4-12-24-51/h1-42H,43H2. The summed E-state index contributed by atoms with van der Waals surface area (Å²) in [5, 5.41) is 5.00. The van der Waals surface area contributed by atoms with Gasteiger partial charge in [0.25, 0.3) is 0 Å². The van der Waals surface area contributed by atoms with Crippen LogP contribution >= 0.6 is 0 Å². The van der Waals surface area contributed by atoms with Crippen molar-refractivity contribution < 1.29 is 0 Å². The summed E-state index contributed by atoms with van der Waals surface area (Å²) in [6.45, 7) is 0.720. The lowest BCUT2D eigenvalue weighted by Gasteiger charge is -2.26. The SMILES string of the molecule is c1ccc(N(Cc2ccc3c4ccccc4n(-c4ccccc4)c3c2)c2ccc(-c3ccc(N(c4ccccc4)c4ccc5c6ccccc6n(-c6ccccc6)c5c4)cc3)cc2)cc1. The van der Waals surface area contributed by atoms with Crippen LogP contribution in [-0.2, 0) is 6.54 Å². The normalized spacial score (nSPS) is 11.4. The fourth-order valence-corrected chi connectivity index (χ4v) is 9.71. The van der Waals surface area contributed by atoms with Crippen molar-refractivity contribution >= 4 is 72.0 Å². The Labute approximate surface area is 378 Å². The van der Waals surface area contributed by atoms with E-state index in [0.29, 0.717) is 0 Å². The fourth-order valence-electron chi connectivity index (χ4n) is 9.71. The van der Waals surface area contributed by atoms with Crippen LogP contribution in [0.4, 0.5) is 28.4 Å². The lowest BCUT2D eigenvalue weighted by Crippen LogP contribution is -2.16. The summed E-state index contributed by atoms with van der Waals surface area (Å²) in [6.07, 6.45) is 0. The summed E-state index contributed by atoms with van der Waals surface area (Å²) < 4.78 is 4.78. The molecule has 0 fully saturated rings. The van der Waals surface area contributed by atoms with E-state index in [1.807, 2.05) is 0 Å². The van der Waals surface area contributed by atoms with Crippen LogP contribution in [0.25, 0.3) is 66.1 Å². The number of anilines is 5. The Bertz CT molecular complexity index is 3590. The molecule has 12 aromatic rings. The molecule has 308 valence electrons. The monoisotopic (exact) mass is 832 g/mol. The third kappa shape index (κ3) is 6.89. The van der Waals surface area contributed by atoms with Crippen molar-refractivity contribution in [3.63, 3.8) is 0 Å². The zero-order valence-electron chi connectivity index (χ0n) is 35.7. The highest BCUT2D eigenvalue weighted by Gasteiger charge is 2.19. The first-order valence-electron chi connectivity index (χ1n) is 22.3. The Kier molecular flexibility index (Phi) is 9.53. The second-order valence-electron chi connectivity index (χ2n) is 16.6. The minimum atomic E-state index is 0.720. The quantitative estimate of drug-likeness (QED) is 0.136. The lowest BCUT2D eigenvalue weighted by molar-refractivity contribution is 0.976. The summed E-state index contributed by atoms with van der Waals surface area (Å²) in [4.78, 5) is 4.77. The molecule has 0 saturated heterocycles. The molecule has 12 rings (SSSR count). The van der Waals surface area contributed by atoms with Gasteiger partial charge in [-0.15, -0.1) is 0 Å². The van der Waals surface area contributed by atoms with E-state index in [1.54, 1.807) is 0 Å². The van der Waals surface area contributed by atoms with Gasteiger partial charge < -0.3 is 18.9 Å². The third-order valence-electron chi connectivity index (χ3n) is 12.7. The molecular formula is C61H44N4. The minimum absolute atomic E-state index is 0.720. The summed E-state index contributed by atoms with van der Waals surface area (Å²) in [5.41, 5.74) is 16.3. The number of nitrogens with zero attached hydrogens (tertiary/aromatic N) is 4. The molecule has 65 heavy (non-hydrogen) atoms. The summed E-state index contributed by atoms with van der Waals surface area (Å²) >= 11 is 0. The summed E-state index contributed by atoms with van der Waals surface area (Å²) in [7, 11) is 0. The number of fused-ring (bicyclic) bond motifs is 6. The van der Waals surface area contributed by atoms with Crippen LogP contribution in [0.15, 0.2) is 255 Å². The maximum atomic E-state index is 2.41. The van der Waals surface area contributed by atoms with Gasteiger partial charge in [-0.2, -0.15) is 0 Å². The number of hydrogen-bond donors (Lipinski definition) is 0. The zero-order valence-corrected chi connectivity index (χ0v) is 35.7. The van der Waals surface area contributed by atoms with E-state index < -0.39 is 0 Å². The molecule has 2 heterocycles. The number of rotatable bonds is 10. The molecule has 0 atom stereocenters. The minimum Gasteiger partial charge on any atom is -0.337 e. The predicted molar refractivity (Wildman–Crippen MR) is 274 cm³/mol. The second kappa shape index (κ2) is 16.3. The van der Waals surface area contributed by atoms with Crippen LogP contribution in [0.3, 0.4) is 0 Å². The first-order valence-corrected chi connectivity index (χ1v) is 22.3. The van der Waals surface area contributed by atoms with Gasteiger partial charge in [-0.3, -0.25) is 0 Å².